The minimum atomic E-state index is -0.296. The van der Waals surface area contributed by atoms with Gasteiger partial charge in [-0.3, -0.25) is 9.20 Å². The van der Waals surface area contributed by atoms with E-state index in [4.69, 9.17) is 0 Å². The maximum atomic E-state index is 11.2. The molecule has 6 nitrogen and oxygen atoms in total. The summed E-state index contributed by atoms with van der Waals surface area (Å²) in [6, 6.07) is 0. The second-order valence-corrected chi connectivity index (χ2v) is 7.23. The van der Waals surface area contributed by atoms with E-state index >= 15 is 0 Å². The van der Waals surface area contributed by atoms with Crippen molar-refractivity contribution in [2.75, 3.05) is 12.9 Å². The molecule has 0 saturated heterocycles. The summed E-state index contributed by atoms with van der Waals surface area (Å²) in [5.74, 6) is -0.1000. The van der Waals surface area contributed by atoms with Crippen molar-refractivity contribution in [1.29, 1.82) is 0 Å². The minimum Gasteiger partial charge on any atom is -0.468 e. The van der Waals surface area contributed by atoms with Crippen molar-refractivity contribution >= 4 is 60.9 Å². The number of rotatable bonds is 3. The lowest BCUT2D eigenvalue weighted by Crippen LogP contribution is -2.03. The maximum absolute atomic E-state index is 11.2. The summed E-state index contributed by atoms with van der Waals surface area (Å²) >= 11 is 6.36. The number of ether oxygens (including phenoxy) is 1. The lowest BCUT2D eigenvalue weighted by atomic mass is 10.3. The van der Waals surface area contributed by atoms with Gasteiger partial charge in [0.1, 0.15) is 11.2 Å². The largest absolute Gasteiger partial charge is 0.468 e. The van der Waals surface area contributed by atoms with Crippen LogP contribution in [0.15, 0.2) is 15.3 Å². The van der Waals surface area contributed by atoms with Crippen molar-refractivity contribution in [3.63, 3.8) is 0 Å². The highest BCUT2D eigenvalue weighted by Gasteiger charge is 2.16. The van der Waals surface area contributed by atoms with Crippen LogP contribution in [0.5, 0.6) is 0 Å². The Morgan fingerprint density at radius 2 is 2.35 bits per heavy atom. The average Bonchev–Trinajstić information content (AvgIpc) is 2.98. The number of aryl methyl sites for hydroxylation is 1. The number of hydrogen-bond donors (Lipinski definition) is 0. The molecule has 0 aliphatic rings. The molecule has 0 aromatic carbocycles. The number of carbonyl (C=O) groups excluding carboxylic acids is 1. The summed E-state index contributed by atoms with van der Waals surface area (Å²) in [4.78, 5) is 16.5. The molecule has 3 aromatic rings. The van der Waals surface area contributed by atoms with Crippen LogP contribution < -0.4 is 0 Å². The van der Waals surface area contributed by atoms with Gasteiger partial charge >= 0.3 is 5.97 Å². The number of thiophene rings is 1. The van der Waals surface area contributed by atoms with E-state index in [1.807, 2.05) is 6.92 Å². The van der Waals surface area contributed by atoms with Crippen LogP contribution in [0.4, 0.5) is 0 Å². The second kappa shape index (κ2) is 5.30. The van der Waals surface area contributed by atoms with Crippen LogP contribution in [-0.2, 0) is 9.53 Å². The van der Waals surface area contributed by atoms with Gasteiger partial charge in [-0.2, -0.15) is 0 Å². The Morgan fingerprint density at radius 1 is 1.55 bits per heavy atom. The topological polar surface area (TPSA) is 69.4 Å². The number of esters is 1. The fourth-order valence-electron chi connectivity index (χ4n) is 1.77. The predicted octanol–water partition coefficient (Wildman–Crippen LogP) is 2.68. The molecular weight excluding hydrogens is 364 g/mol. The van der Waals surface area contributed by atoms with Gasteiger partial charge in [0.25, 0.3) is 0 Å². The van der Waals surface area contributed by atoms with E-state index in [0.29, 0.717) is 5.16 Å². The Hall–Kier alpha value is -1.19. The van der Waals surface area contributed by atoms with Gasteiger partial charge in [0.05, 0.1) is 22.0 Å². The normalized spacial score (nSPS) is 11.3. The Morgan fingerprint density at radius 3 is 3.10 bits per heavy atom. The zero-order chi connectivity index (χ0) is 14.3. The standard InChI is InChI=1S/C11H9BrN4O2S2/c1-5-7-9-14-15-11(19-3-6(17)18-2)16(9)4-13-10(7)20-8(5)12/h4H,3H2,1-2H3. The predicted molar refractivity (Wildman–Crippen MR) is 81.3 cm³/mol. The van der Waals surface area contributed by atoms with E-state index in [0.717, 1.165) is 25.2 Å². The first-order valence-electron chi connectivity index (χ1n) is 5.59. The average molecular weight is 373 g/mol. The van der Waals surface area contributed by atoms with Crippen LogP contribution in [0.1, 0.15) is 5.56 Å². The van der Waals surface area contributed by atoms with E-state index < -0.39 is 0 Å². The lowest BCUT2D eigenvalue weighted by Gasteiger charge is -1.99. The third-order valence-electron chi connectivity index (χ3n) is 2.80. The number of fused-ring (bicyclic) bond motifs is 3. The SMILES string of the molecule is COC(=O)CSc1nnc2c3c(C)c(Br)sc3ncn12. The molecule has 0 saturated carbocycles. The molecule has 0 spiro atoms. The third kappa shape index (κ3) is 2.19. The first-order chi connectivity index (χ1) is 9.61. The van der Waals surface area contributed by atoms with E-state index in [-0.39, 0.29) is 11.7 Å². The highest BCUT2D eigenvalue weighted by atomic mass is 79.9. The summed E-state index contributed by atoms with van der Waals surface area (Å²) in [6.45, 7) is 2.01. The van der Waals surface area contributed by atoms with Crippen molar-refractivity contribution in [2.24, 2.45) is 0 Å². The molecule has 0 unspecified atom stereocenters. The van der Waals surface area contributed by atoms with Gasteiger partial charge in [0.15, 0.2) is 10.8 Å². The minimum absolute atomic E-state index is 0.196. The van der Waals surface area contributed by atoms with Crippen LogP contribution in [-0.4, -0.2) is 38.4 Å². The molecule has 0 N–H and O–H groups in total. The highest BCUT2D eigenvalue weighted by molar-refractivity contribution is 9.11. The first-order valence-corrected chi connectivity index (χ1v) is 8.19. The van der Waals surface area contributed by atoms with Gasteiger partial charge in [0, 0.05) is 0 Å². The number of hydrogen-bond acceptors (Lipinski definition) is 7. The molecule has 3 aromatic heterocycles. The smallest absolute Gasteiger partial charge is 0.316 e. The fourth-order valence-corrected chi connectivity index (χ4v) is 4.03. The van der Waals surface area contributed by atoms with Crippen molar-refractivity contribution in [3.05, 3.63) is 15.7 Å². The van der Waals surface area contributed by atoms with Gasteiger partial charge in [-0.15, -0.1) is 21.5 Å². The molecule has 20 heavy (non-hydrogen) atoms. The monoisotopic (exact) mass is 372 g/mol. The van der Waals surface area contributed by atoms with Crippen LogP contribution >= 0.6 is 39.0 Å². The van der Waals surface area contributed by atoms with E-state index in [9.17, 15) is 4.79 Å². The van der Waals surface area contributed by atoms with Crippen molar-refractivity contribution < 1.29 is 9.53 Å². The molecule has 3 rings (SSSR count). The Kier molecular flexibility index (Phi) is 3.65. The molecule has 104 valence electrons. The van der Waals surface area contributed by atoms with Gasteiger partial charge in [-0.25, -0.2) is 4.98 Å². The quantitative estimate of drug-likeness (QED) is 0.519. The van der Waals surface area contributed by atoms with Crippen LogP contribution in [0.3, 0.4) is 0 Å². The van der Waals surface area contributed by atoms with E-state index in [2.05, 4.69) is 35.8 Å². The fraction of sp³-hybridized carbons (Fsp3) is 0.273. The molecule has 0 bridgehead atoms. The summed E-state index contributed by atoms with van der Waals surface area (Å²) in [7, 11) is 1.36. The van der Waals surface area contributed by atoms with Gasteiger partial charge in [0.2, 0.25) is 0 Å². The zero-order valence-corrected chi connectivity index (χ0v) is 13.8. The van der Waals surface area contributed by atoms with Gasteiger partial charge in [-0.1, -0.05) is 11.8 Å². The molecule has 0 atom stereocenters. The number of methoxy groups -OCH3 is 1. The van der Waals surface area contributed by atoms with Crippen LogP contribution in [0.25, 0.3) is 15.9 Å². The third-order valence-corrected chi connectivity index (χ3v) is 5.78. The molecule has 0 aliphatic carbocycles. The number of halogens is 1. The highest BCUT2D eigenvalue weighted by Crippen LogP contribution is 2.35. The van der Waals surface area contributed by atoms with Crippen molar-refractivity contribution in [1.82, 2.24) is 19.6 Å². The number of nitrogens with zero attached hydrogens (tertiary/aromatic N) is 4. The molecule has 9 heteroatoms. The molecule has 0 radical (unpaired) electrons. The Balaban J connectivity index is 2.09. The summed E-state index contributed by atoms with van der Waals surface area (Å²) < 4.78 is 7.45. The van der Waals surface area contributed by atoms with Crippen molar-refractivity contribution in [3.8, 4) is 0 Å². The Bertz CT molecular complexity index is 814. The second-order valence-electron chi connectivity index (χ2n) is 3.97. The number of aromatic nitrogens is 4. The molecular formula is C11H9BrN4O2S2. The summed E-state index contributed by atoms with van der Waals surface area (Å²) in [6.07, 6.45) is 1.68. The number of thioether (sulfide) groups is 1. The Labute approximate surface area is 130 Å². The first kappa shape index (κ1) is 13.8. The molecule has 0 fully saturated rings. The van der Waals surface area contributed by atoms with E-state index in [1.165, 1.54) is 18.9 Å². The lowest BCUT2D eigenvalue weighted by molar-refractivity contribution is -0.137. The van der Waals surface area contributed by atoms with Crippen molar-refractivity contribution in [2.45, 2.75) is 12.1 Å². The van der Waals surface area contributed by atoms with Crippen LogP contribution in [0.2, 0.25) is 0 Å². The molecule has 0 amide bonds. The van der Waals surface area contributed by atoms with E-state index in [1.54, 1.807) is 22.1 Å². The van der Waals surface area contributed by atoms with Gasteiger partial charge < -0.3 is 4.74 Å². The summed E-state index contributed by atoms with van der Waals surface area (Å²) in [5.41, 5.74) is 1.85. The maximum Gasteiger partial charge on any atom is 0.316 e. The zero-order valence-electron chi connectivity index (χ0n) is 10.6. The molecule has 0 aliphatic heterocycles. The van der Waals surface area contributed by atoms with Crippen LogP contribution in [0, 0.1) is 6.92 Å². The van der Waals surface area contributed by atoms with Gasteiger partial charge in [-0.05, 0) is 28.4 Å². The number of carbonyl (C=O) groups is 1. The summed E-state index contributed by atoms with van der Waals surface area (Å²) in [5, 5.41) is 9.94. The molecule has 3 heterocycles.